The summed E-state index contributed by atoms with van der Waals surface area (Å²) < 4.78 is 1.67. The highest BCUT2D eigenvalue weighted by atomic mass is 16.6. The molecule has 2 fully saturated rings. The third kappa shape index (κ3) is 2.39. The second-order valence-electron chi connectivity index (χ2n) is 6.23. The molecule has 0 radical (unpaired) electrons. The molecule has 2 aliphatic heterocycles. The van der Waals surface area contributed by atoms with Crippen molar-refractivity contribution < 1.29 is 4.92 Å². The van der Waals surface area contributed by atoms with E-state index in [9.17, 15) is 10.1 Å². The standard InChI is InChI=1S/C14H23N5O2/c1-4-12-13(19(20)21)14(18(3)16-12)17(2)11-7-9-5-6-10(8-11)15-9/h9-11,15H,4-8H2,1-3H3. The number of piperidine rings is 1. The van der Waals surface area contributed by atoms with Gasteiger partial charge in [0.25, 0.3) is 0 Å². The first-order valence-corrected chi connectivity index (χ1v) is 7.70. The SMILES string of the molecule is CCc1nn(C)c(N(C)C2CC3CCC(C2)N3)c1[N+](=O)[O-]. The quantitative estimate of drug-likeness (QED) is 0.674. The Kier molecular flexibility index (Phi) is 3.61. The number of nitro groups is 1. The van der Waals surface area contributed by atoms with Crippen LogP contribution < -0.4 is 10.2 Å². The van der Waals surface area contributed by atoms with E-state index in [1.54, 1.807) is 11.7 Å². The lowest BCUT2D eigenvalue weighted by atomic mass is 9.98. The first kappa shape index (κ1) is 14.3. The molecule has 1 N–H and O–H groups in total. The molecule has 2 atom stereocenters. The second-order valence-corrected chi connectivity index (χ2v) is 6.23. The van der Waals surface area contributed by atoms with Gasteiger partial charge in [-0.15, -0.1) is 0 Å². The van der Waals surface area contributed by atoms with Crippen LogP contribution in [0.25, 0.3) is 0 Å². The summed E-state index contributed by atoms with van der Waals surface area (Å²) in [6, 6.07) is 1.48. The lowest BCUT2D eigenvalue weighted by molar-refractivity contribution is -0.384. The van der Waals surface area contributed by atoms with Crippen molar-refractivity contribution in [2.75, 3.05) is 11.9 Å². The largest absolute Gasteiger partial charge is 0.351 e. The summed E-state index contributed by atoms with van der Waals surface area (Å²) in [5.74, 6) is 0.642. The second kappa shape index (κ2) is 5.29. The Bertz CT molecular complexity index is 544. The lowest BCUT2D eigenvalue weighted by Crippen LogP contribution is -2.47. The maximum Gasteiger partial charge on any atom is 0.334 e. The van der Waals surface area contributed by atoms with Crippen LogP contribution in [0.1, 0.15) is 38.3 Å². The van der Waals surface area contributed by atoms with Crippen LogP contribution in [-0.4, -0.2) is 39.9 Å². The zero-order valence-corrected chi connectivity index (χ0v) is 12.9. The third-order valence-electron chi connectivity index (χ3n) is 4.91. The molecule has 0 amide bonds. The number of hydrogen-bond donors (Lipinski definition) is 1. The van der Waals surface area contributed by atoms with Crippen molar-refractivity contribution in [3.05, 3.63) is 15.8 Å². The molecule has 116 valence electrons. The van der Waals surface area contributed by atoms with Crippen molar-refractivity contribution in [3.8, 4) is 0 Å². The lowest BCUT2D eigenvalue weighted by Gasteiger charge is -2.36. The van der Waals surface area contributed by atoms with E-state index in [1.165, 1.54) is 12.8 Å². The van der Waals surface area contributed by atoms with Crippen LogP contribution in [0.4, 0.5) is 11.5 Å². The van der Waals surface area contributed by atoms with Crippen molar-refractivity contribution >= 4 is 11.5 Å². The zero-order chi connectivity index (χ0) is 15.1. The first-order chi connectivity index (χ1) is 10.0. The number of rotatable bonds is 4. The smallest absolute Gasteiger partial charge is 0.334 e. The van der Waals surface area contributed by atoms with Gasteiger partial charge in [-0.1, -0.05) is 6.92 Å². The number of nitrogens with zero attached hydrogens (tertiary/aromatic N) is 4. The van der Waals surface area contributed by atoms with Crippen molar-refractivity contribution in [3.63, 3.8) is 0 Å². The Hall–Kier alpha value is -1.63. The van der Waals surface area contributed by atoms with Gasteiger partial charge < -0.3 is 10.2 Å². The maximum atomic E-state index is 11.5. The van der Waals surface area contributed by atoms with E-state index in [-0.39, 0.29) is 10.6 Å². The molecule has 0 aliphatic carbocycles. The minimum atomic E-state index is -0.284. The molecule has 7 nitrogen and oxygen atoms in total. The molecule has 1 aromatic heterocycles. The maximum absolute atomic E-state index is 11.5. The molecular weight excluding hydrogens is 270 g/mol. The van der Waals surface area contributed by atoms with Crippen LogP contribution in [0.5, 0.6) is 0 Å². The highest BCUT2D eigenvalue weighted by molar-refractivity contribution is 5.61. The number of aromatic nitrogens is 2. The molecule has 0 spiro atoms. The topological polar surface area (TPSA) is 76.2 Å². The third-order valence-corrected chi connectivity index (χ3v) is 4.91. The van der Waals surface area contributed by atoms with Gasteiger partial charge in [-0.3, -0.25) is 10.1 Å². The van der Waals surface area contributed by atoms with E-state index in [4.69, 9.17) is 0 Å². The molecular formula is C14H23N5O2. The van der Waals surface area contributed by atoms with Gasteiger partial charge in [0.2, 0.25) is 5.82 Å². The van der Waals surface area contributed by atoms with Gasteiger partial charge in [0, 0.05) is 32.2 Å². The Morgan fingerprint density at radius 1 is 1.43 bits per heavy atom. The minimum Gasteiger partial charge on any atom is -0.351 e. The summed E-state index contributed by atoms with van der Waals surface area (Å²) in [7, 11) is 3.77. The Balaban J connectivity index is 1.92. The van der Waals surface area contributed by atoms with Gasteiger partial charge in [0.1, 0.15) is 5.69 Å². The average molecular weight is 293 g/mol. The van der Waals surface area contributed by atoms with Crippen LogP contribution in [-0.2, 0) is 13.5 Å². The normalized spacial score (nSPS) is 27.9. The van der Waals surface area contributed by atoms with Gasteiger partial charge in [-0.25, -0.2) is 4.68 Å². The van der Waals surface area contributed by atoms with Gasteiger partial charge >= 0.3 is 5.69 Å². The molecule has 21 heavy (non-hydrogen) atoms. The molecule has 3 rings (SSSR count). The van der Waals surface area contributed by atoms with Gasteiger partial charge in [0.15, 0.2) is 0 Å². The number of fused-ring (bicyclic) bond motifs is 2. The summed E-state index contributed by atoms with van der Waals surface area (Å²) >= 11 is 0. The van der Waals surface area contributed by atoms with Crippen LogP contribution >= 0.6 is 0 Å². The van der Waals surface area contributed by atoms with E-state index in [0.717, 1.165) is 12.8 Å². The van der Waals surface area contributed by atoms with E-state index in [1.807, 2.05) is 14.0 Å². The van der Waals surface area contributed by atoms with Crippen LogP contribution in [0.2, 0.25) is 0 Å². The predicted octanol–water partition coefficient (Wildman–Crippen LogP) is 1.61. The Labute approximate surface area is 124 Å². The van der Waals surface area contributed by atoms with E-state index in [2.05, 4.69) is 15.3 Å². The molecule has 0 saturated carbocycles. The van der Waals surface area contributed by atoms with E-state index >= 15 is 0 Å². The summed E-state index contributed by atoms with van der Waals surface area (Å²) in [5.41, 5.74) is 0.745. The Morgan fingerprint density at radius 2 is 2.05 bits per heavy atom. The highest BCUT2D eigenvalue weighted by Gasteiger charge is 2.38. The number of nitrogens with one attached hydrogen (secondary N) is 1. The van der Waals surface area contributed by atoms with Crippen LogP contribution in [0.3, 0.4) is 0 Å². The van der Waals surface area contributed by atoms with Crippen molar-refractivity contribution in [1.29, 1.82) is 0 Å². The van der Waals surface area contributed by atoms with Crippen molar-refractivity contribution in [2.24, 2.45) is 7.05 Å². The molecule has 7 heteroatoms. The summed E-state index contributed by atoms with van der Waals surface area (Å²) in [5, 5.41) is 19.4. The minimum absolute atomic E-state index is 0.174. The van der Waals surface area contributed by atoms with Gasteiger partial charge in [-0.05, 0) is 32.1 Å². The number of aryl methyl sites for hydroxylation is 2. The monoisotopic (exact) mass is 293 g/mol. The van der Waals surface area contributed by atoms with Gasteiger partial charge in [0.05, 0.1) is 4.92 Å². The highest BCUT2D eigenvalue weighted by Crippen LogP contribution is 2.36. The fourth-order valence-electron chi connectivity index (χ4n) is 3.90. The molecule has 2 bridgehead atoms. The summed E-state index contributed by atoms with van der Waals surface area (Å²) in [4.78, 5) is 13.3. The molecule has 2 aliphatic rings. The molecule has 2 unspecified atom stereocenters. The van der Waals surface area contributed by atoms with Crippen molar-refractivity contribution in [1.82, 2.24) is 15.1 Å². The fourth-order valence-corrected chi connectivity index (χ4v) is 3.90. The fraction of sp³-hybridized carbons (Fsp3) is 0.786. The number of hydrogen-bond acceptors (Lipinski definition) is 5. The molecule has 1 aromatic rings. The molecule has 2 saturated heterocycles. The van der Waals surface area contributed by atoms with Crippen molar-refractivity contribution in [2.45, 2.75) is 57.2 Å². The average Bonchev–Trinajstić information content (AvgIpc) is 2.97. The zero-order valence-electron chi connectivity index (χ0n) is 12.9. The van der Waals surface area contributed by atoms with E-state index < -0.39 is 0 Å². The predicted molar refractivity (Wildman–Crippen MR) is 80.6 cm³/mol. The van der Waals surface area contributed by atoms with E-state index in [0.29, 0.717) is 36.1 Å². The van der Waals surface area contributed by atoms with Gasteiger partial charge in [-0.2, -0.15) is 5.10 Å². The first-order valence-electron chi connectivity index (χ1n) is 7.70. The number of anilines is 1. The summed E-state index contributed by atoms with van der Waals surface area (Å²) in [6.07, 6.45) is 5.13. The Morgan fingerprint density at radius 3 is 2.57 bits per heavy atom. The van der Waals surface area contributed by atoms with Crippen LogP contribution in [0.15, 0.2) is 0 Å². The summed E-state index contributed by atoms with van der Waals surface area (Å²) in [6.45, 7) is 1.91. The van der Waals surface area contributed by atoms with Crippen LogP contribution in [0, 0.1) is 10.1 Å². The molecule has 0 aromatic carbocycles. The molecule has 3 heterocycles.